The second kappa shape index (κ2) is 8.85. The number of amides is 1. The first-order chi connectivity index (χ1) is 16.5. The van der Waals surface area contributed by atoms with Crippen LogP contribution in [0.15, 0.2) is 79.3 Å². The fraction of sp³-hybridized carbons (Fsp3) is 0.0385. The van der Waals surface area contributed by atoms with Gasteiger partial charge in [0, 0.05) is 51.6 Å². The van der Waals surface area contributed by atoms with Gasteiger partial charge in [0.2, 0.25) is 5.69 Å². The van der Waals surface area contributed by atoms with E-state index in [0.717, 1.165) is 16.5 Å². The Balaban J connectivity index is 1.29. The minimum Gasteiger partial charge on any atom is -0.361 e. The van der Waals surface area contributed by atoms with Gasteiger partial charge in [-0.3, -0.25) is 4.79 Å². The lowest BCUT2D eigenvalue weighted by atomic mass is 10.1. The van der Waals surface area contributed by atoms with Gasteiger partial charge in [-0.05, 0) is 48.0 Å². The van der Waals surface area contributed by atoms with Crippen molar-refractivity contribution in [3.05, 3.63) is 113 Å². The monoisotopic (exact) mass is 469 g/mol. The molecule has 0 atom stereocenters. The minimum absolute atomic E-state index is 0.0707. The number of benzene rings is 3. The van der Waals surface area contributed by atoms with E-state index in [0.29, 0.717) is 33.1 Å². The maximum absolute atomic E-state index is 14.8. The van der Waals surface area contributed by atoms with E-state index in [-0.39, 0.29) is 12.5 Å². The average molecular weight is 470 g/mol. The number of hydrogen-bond donors (Lipinski definition) is 2. The highest BCUT2D eigenvalue weighted by atomic mass is 35.5. The van der Waals surface area contributed by atoms with E-state index >= 15 is 0 Å². The van der Waals surface area contributed by atoms with Crippen LogP contribution in [0, 0.1) is 12.4 Å². The summed E-state index contributed by atoms with van der Waals surface area (Å²) >= 11 is 6.12. The van der Waals surface area contributed by atoms with Crippen molar-refractivity contribution in [2.24, 2.45) is 0 Å². The normalized spacial score (nSPS) is 10.9. The zero-order valence-electron chi connectivity index (χ0n) is 17.7. The van der Waals surface area contributed by atoms with Crippen molar-refractivity contribution in [2.45, 2.75) is 6.54 Å². The third-order valence-electron chi connectivity index (χ3n) is 5.54. The number of nitrogens with one attached hydrogen (secondary N) is 2. The van der Waals surface area contributed by atoms with E-state index in [9.17, 15) is 9.18 Å². The molecule has 2 aromatic heterocycles. The molecule has 0 radical (unpaired) electrons. The zero-order chi connectivity index (χ0) is 23.7. The van der Waals surface area contributed by atoms with E-state index in [1.807, 2.05) is 18.3 Å². The van der Waals surface area contributed by atoms with Crippen molar-refractivity contribution in [3.8, 4) is 16.8 Å². The molecule has 0 bridgehead atoms. The highest BCUT2D eigenvalue weighted by Gasteiger charge is 2.11. The molecule has 5 aromatic rings. The highest BCUT2D eigenvalue weighted by Crippen LogP contribution is 2.28. The van der Waals surface area contributed by atoms with Crippen molar-refractivity contribution in [1.82, 2.24) is 20.1 Å². The molecule has 166 valence electrons. The highest BCUT2D eigenvalue weighted by molar-refractivity contribution is 6.33. The van der Waals surface area contributed by atoms with Gasteiger partial charge in [-0.25, -0.2) is 13.9 Å². The minimum atomic E-state index is -0.420. The molecule has 3 aromatic carbocycles. The van der Waals surface area contributed by atoms with E-state index in [2.05, 4.69) is 20.2 Å². The van der Waals surface area contributed by atoms with E-state index < -0.39 is 5.82 Å². The van der Waals surface area contributed by atoms with Gasteiger partial charge in [-0.1, -0.05) is 29.8 Å². The van der Waals surface area contributed by atoms with Crippen LogP contribution in [0.5, 0.6) is 0 Å². The van der Waals surface area contributed by atoms with Crippen LogP contribution < -0.4 is 5.32 Å². The number of halogens is 2. The second-order valence-electron chi connectivity index (χ2n) is 7.69. The SMILES string of the molecule is [C-]#[N+]c1ccc(-n2cc(-c3ccc(CNC(=O)c4ccc5[nH]ccc5c4)c(F)c3)cn2)cc1Cl. The summed E-state index contributed by atoms with van der Waals surface area (Å²) in [6.07, 6.45) is 5.20. The summed E-state index contributed by atoms with van der Waals surface area (Å²) in [5.41, 5.74) is 4.29. The van der Waals surface area contributed by atoms with Crippen LogP contribution >= 0.6 is 11.6 Å². The Labute approximate surface area is 199 Å². The molecule has 0 fully saturated rings. The molecular formula is C26H17ClFN5O. The average Bonchev–Trinajstić information content (AvgIpc) is 3.52. The van der Waals surface area contributed by atoms with Gasteiger partial charge >= 0.3 is 0 Å². The number of H-pyrrole nitrogens is 1. The number of hydrogen-bond acceptors (Lipinski definition) is 2. The first-order valence-corrected chi connectivity index (χ1v) is 10.8. The smallest absolute Gasteiger partial charge is 0.251 e. The number of fused-ring (bicyclic) bond motifs is 1. The fourth-order valence-corrected chi connectivity index (χ4v) is 3.90. The third-order valence-corrected chi connectivity index (χ3v) is 5.84. The molecular weight excluding hydrogens is 453 g/mol. The molecule has 34 heavy (non-hydrogen) atoms. The lowest BCUT2D eigenvalue weighted by Gasteiger charge is -2.08. The Kier molecular flexibility index (Phi) is 5.58. The number of carbonyl (C=O) groups is 1. The Bertz CT molecular complexity index is 1580. The van der Waals surface area contributed by atoms with Crippen LogP contribution in [0.4, 0.5) is 10.1 Å². The molecule has 2 N–H and O–H groups in total. The number of aromatic nitrogens is 3. The topological polar surface area (TPSA) is 67.1 Å². The Morgan fingerprint density at radius 1 is 1.12 bits per heavy atom. The van der Waals surface area contributed by atoms with Gasteiger partial charge in [0.25, 0.3) is 5.91 Å². The van der Waals surface area contributed by atoms with Crippen LogP contribution in [0.3, 0.4) is 0 Å². The summed E-state index contributed by atoms with van der Waals surface area (Å²) in [5.74, 6) is -0.688. The van der Waals surface area contributed by atoms with Crippen molar-refractivity contribution in [1.29, 1.82) is 0 Å². The lowest BCUT2D eigenvalue weighted by molar-refractivity contribution is 0.0950. The van der Waals surface area contributed by atoms with Crippen molar-refractivity contribution in [3.63, 3.8) is 0 Å². The molecule has 2 heterocycles. The van der Waals surface area contributed by atoms with Crippen LogP contribution in [0.2, 0.25) is 5.02 Å². The molecule has 0 spiro atoms. The number of aromatic amines is 1. The summed E-state index contributed by atoms with van der Waals surface area (Å²) in [7, 11) is 0. The number of nitrogens with zero attached hydrogens (tertiary/aromatic N) is 3. The Morgan fingerprint density at radius 2 is 2.00 bits per heavy atom. The predicted molar refractivity (Wildman–Crippen MR) is 130 cm³/mol. The fourth-order valence-electron chi connectivity index (χ4n) is 3.68. The standard InChI is InChI=1S/C26H17ClFN5O/c1-29-25-7-5-21(12-22(25)27)33-15-20(14-32-33)16-2-3-19(23(28)11-16)13-31-26(34)18-4-6-24-17(10-18)8-9-30-24/h2-12,14-15,30H,13H2,(H,31,34). The maximum atomic E-state index is 14.8. The lowest BCUT2D eigenvalue weighted by Crippen LogP contribution is -2.23. The van der Waals surface area contributed by atoms with Gasteiger partial charge in [0.15, 0.2) is 0 Å². The third kappa shape index (κ3) is 4.15. The van der Waals surface area contributed by atoms with Crippen LogP contribution in [-0.4, -0.2) is 20.7 Å². The van der Waals surface area contributed by atoms with Crippen LogP contribution in [0.25, 0.3) is 32.6 Å². The Morgan fingerprint density at radius 3 is 2.79 bits per heavy atom. The summed E-state index contributed by atoms with van der Waals surface area (Å²) in [6, 6.07) is 17.1. The van der Waals surface area contributed by atoms with E-state index in [1.165, 1.54) is 6.07 Å². The predicted octanol–water partition coefficient (Wildman–Crippen LogP) is 6.29. The summed E-state index contributed by atoms with van der Waals surface area (Å²) in [5, 5.41) is 8.38. The molecule has 0 aliphatic rings. The van der Waals surface area contributed by atoms with Gasteiger partial charge in [0.05, 0.1) is 18.5 Å². The van der Waals surface area contributed by atoms with Crippen molar-refractivity contribution in [2.75, 3.05) is 0 Å². The molecule has 1 amide bonds. The molecule has 8 heteroatoms. The first kappa shape index (κ1) is 21.4. The first-order valence-electron chi connectivity index (χ1n) is 10.4. The molecule has 5 rings (SSSR count). The van der Waals surface area contributed by atoms with Gasteiger partial charge in [-0.15, -0.1) is 0 Å². The molecule has 0 aliphatic carbocycles. The van der Waals surface area contributed by atoms with E-state index in [4.69, 9.17) is 18.2 Å². The molecule has 0 saturated carbocycles. The Hall–Kier alpha value is -4.41. The van der Waals surface area contributed by atoms with E-state index in [1.54, 1.807) is 59.5 Å². The second-order valence-corrected chi connectivity index (χ2v) is 8.10. The largest absolute Gasteiger partial charge is 0.361 e. The number of carbonyl (C=O) groups excluding carboxylic acids is 1. The molecule has 0 aliphatic heterocycles. The molecule has 0 unspecified atom stereocenters. The summed E-state index contributed by atoms with van der Waals surface area (Å²) in [4.78, 5) is 18.9. The number of rotatable bonds is 5. The van der Waals surface area contributed by atoms with Crippen LogP contribution in [0.1, 0.15) is 15.9 Å². The maximum Gasteiger partial charge on any atom is 0.251 e. The van der Waals surface area contributed by atoms with Gasteiger partial charge in [-0.2, -0.15) is 5.10 Å². The van der Waals surface area contributed by atoms with Crippen molar-refractivity contribution >= 4 is 34.1 Å². The van der Waals surface area contributed by atoms with Crippen molar-refractivity contribution < 1.29 is 9.18 Å². The molecule has 0 saturated heterocycles. The summed E-state index contributed by atoms with van der Waals surface area (Å²) < 4.78 is 16.4. The zero-order valence-corrected chi connectivity index (χ0v) is 18.5. The van der Waals surface area contributed by atoms with Crippen LogP contribution in [-0.2, 0) is 6.54 Å². The summed E-state index contributed by atoms with van der Waals surface area (Å²) in [6.45, 7) is 7.16. The van der Waals surface area contributed by atoms with Gasteiger partial charge < -0.3 is 10.3 Å². The molecule has 6 nitrogen and oxygen atoms in total. The van der Waals surface area contributed by atoms with Gasteiger partial charge in [0.1, 0.15) is 5.82 Å². The quantitative estimate of drug-likeness (QED) is 0.297.